The number of anilines is 1. The topological polar surface area (TPSA) is 98.8 Å². The Morgan fingerprint density at radius 2 is 2.24 bits per heavy atom. The van der Waals surface area contributed by atoms with Gasteiger partial charge >= 0.3 is 0 Å². The maximum Gasteiger partial charge on any atom is 0.290 e. The van der Waals surface area contributed by atoms with Crippen LogP contribution in [-0.4, -0.2) is 31.2 Å². The van der Waals surface area contributed by atoms with E-state index in [0.29, 0.717) is 30.4 Å². The predicted octanol–water partition coefficient (Wildman–Crippen LogP) is 2.13. The molecule has 0 aliphatic rings. The average molecular weight is 290 g/mol. The van der Waals surface area contributed by atoms with Crippen LogP contribution in [0.2, 0.25) is 0 Å². The Morgan fingerprint density at radius 3 is 2.86 bits per heavy atom. The number of rotatable bonds is 6. The zero-order chi connectivity index (χ0) is 15.4. The minimum atomic E-state index is -0.433. The molecular weight excluding hydrogens is 272 g/mol. The SMILES string of the molecule is Cc1cc(NCCc2nncn2C(C)C)ncc1[N+](=O)[O-]. The van der Waals surface area contributed by atoms with Gasteiger partial charge in [-0.15, -0.1) is 10.2 Å². The molecule has 0 unspecified atom stereocenters. The number of aromatic nitrogens is 4. The third-order valence-corrected chi connectivity index (χ3v) is 3.14. The standard InChI is InChI=1S/C13H18N6O2/c1-9(2)18-8-16-17-13(18)4-5-14-12-6-10(3)11(7-15-12)19(20)21/h6-9H,4-5H2,1-3H3,(H,14,15). The molecule has 0 bridgehead atoms. The highest BCUT2D eigenvalue weighted by Gasteiger charge is 2.11. The van der Waals surface area contributed by atoms with Crippen molar-refractivity contribution >= 4 is 11.5 Å². The van der Waals surface area contributed by atoms with Crippen molar-refractivity contribution in [2.45, 2.75) is 33.2 Å². The number of aryl methyl sites for hydroxylation is 1. The molecule has 0 saturated heterocycles. The second-order valence-corrected chi connectivity index (χ2v) is 5.04. The number of nitrogens with zero attached hydrogens (tertiary/aromatic N) is 5. The normalized spacial score (nSPS) is 10.9. The van der Waals surface area contributed by atoms with Gasteiger partial charge in [-0.25, -0.2) is 4.98 Å². The van der Waals surface area contributed by atoms with E-state index in [1.54, 1.807) is 19.3 Å². The van der Waals surface area contributed by atoms with Gasteiger partial charge in [-0.05, 0) is 26.8 Å². The Kier molecular flexibility index (Phi) is 4.46. The molecule has 112 valence electrons. The van der Waals surface area contributed by atoms with Crippen LogP contribution in [0.4, 0.5) is 11.5 Å². The van der Waals surface area contributed by atoms with Crippen LogP contribution in [-0.2, 0) is 6.42 Å². The monoisotopic (exact) mass is 290 g/mol. The van der Waals surface area contributed by atoms with Gasteiger partial charge in [-0.3, -0.25) is 10.1 Å². The second kappa shape index (κ2) is 6.29. The van der Waals surface area contributed by atoms with Crippen LogP contribution in [0.15, 0.2) is 18.6 Å². The molecule has 0 atom stereocenters. The summed E-state index contributed by atoms with van der Waals surface area (Å²) < 4.78 is 2.01. The van der Waals surface area contributed by atoms with Crippen LogP contribution in [0.25, 0.3) is 0 Å². The Labute approximate surface area is 122 Å². The molecule has 0 fully saturated rings. The summed E-state index contributed by atoms with van der Waals surface area (Å²) in [6.07, 6.45) is 3.69. The van der Waals surface area contributed by atoms with E-state index < -0.39 is 4.92 Å². The zero-order valence-electron chi connectivity index (χ0n) is 12.3. The van der Waals surface area contributed by atoms with E-state index >= 15 is 0 Å². The molecule has 0 spiro atoms. The van der Waals surface area contributed by atoms with Crippen molar-refractivity contribution in [2.24, 2.45) is 0 Å². The van der Waals surface area contributed by atoms with Crippen molar-refractivity contribution < 1.29 is 4.92 Å². The first-order valence-corrected chi connectivity index (χ1v) is 6.72. The maximum absolute atomic E-state index is 10.7. The van der Waals surface area contributed by atoms with Crippen LogP contribution >= 0.6 is 0 Å². The van der Waals surface area contributed by atoms with E-state index in [4.69, 9.17) is 0 Å². The lowest BCUT2D eigenvalue weighted by Gasteiger charge is -2.10. The summed E-state index contributed by atoms with van der Waals surface area (Å²) in [6, 6.07) is 1.99. The Balaban J connectivity index is 1.96. The lowest BCUT2D eigenvalue weighted by molar-refractivity contribution is -0.385. The molecule has 0 saturated carbocycles. The smallest absolute Gasteiger partial charge is 0.290 e. The van der Waals surface area contributed by atoms with Crippen LogP contribution in [0.5, 0.6) is 0 Å². The van der Waals surface area contributed by atoms with Gasteiger partial charge in [0.15, 0.2) is 0 Å². The fourth-order valence-electron chi connectivity index (χ4n) is 2.02. The maximum atomic E-state index is 10.7. The molecule has 21 heavy (non-hydrogen) atoms. The summed E-state index contributed by atoms with van der Waals surface area (Å²) in [7, 11) is 0. The van der Waals surface area contributed by atoms with E-state index in [9.17, 15) is 10.1 Å². The number of pyridine rings is 1. The van der Waals surface area contributed by atoms with Gasteiger partial charge in [0.2, 0.25) is 0 Å². The summed E-state index contributed by atoms with van der Waals surface area (Å²) in [5.74, 6) is 1.52. The largest absolute Gasteiger partial charge is 0.370 e. The Bertz CT molecular complexity index is 637. The van der Waals surface area contributed by atoms with Crippen LogP contribution in [0.1, 0.15) is 31.3 Å². The minimum Gasteiger partial charge on any atom is -0.370 e. The minimum absolute atomic E-state index is 0.0279. The quantitative estimate of drug-likeness (QED) is 0.646. The lowest BCUT2D eigenvalue weighted by atomic mass is 10.2. The average Bonchev–Trinajstić information content (AvgIpc) is 2.87. The molecule has 2 aromatic heterocycles. The lowest BCUT2D eigenvalue weighted by Crippen LogP contribution is -2.12. The van der Waals surface area contributed by atoms with Crippen molar-refractivity contribution in [2.75, 3.05) is 11.9 Å². The molecular formula is C13H18N6O2. The van der Waals surface area contributed by atoms with Crippen molar-refractivity contribution in [3.63, 3.8) is 0 Å². The third-order valence-electron chi connectivity index (χ3n) is 3.14. The number of nitro groups is 1. The molecule has 0 aliphatic carbocycles. The molecule has 2 aromatic rings. The molecule has 8 heteroatoms. The molecule has 0 amide bonds. The van der Waals surface area contributed by atoms with Crippen molar-refractivity contribution in [1.29, 1.82) is 0 Å². The molecule has 0 aromatic carbocycles. The van der Waals surface area contributed by atoms with Crippen LogP contribution in [0.3, 0.4) is 0 Å². The molecule has 2 heterocycles. The second-order valence-electron chi connectivity index (χ2n) is 5.04. The van der Waals surface area contributed by atoms with Gasteiger partial charge in [0.1, 0.15) is 24.2 Å². The fourth-order valence-corrected chi connectivity index (χ4v) is 2.02. The van der Waals surface area contributed by atoms with Gasteiger partial charge in [0, 0.05) is 24.6 Å². The first-order chi connectivity index (χ1) is 9.99. The van der Waals surface area contributed by atoms with Gasteiger partial charge in [0.05, 0.1) is 4.92 Å². The molecule has 0 radical (unpaired) electrons. The number of nitrogens with one attached hydrogen (secondary N) is 1. The van der Waals surface area contributed by atoms with Gasteiger partial charge < -0.3 is 9.88 Å². The first kappa shape index (κ1) is 14.9. The molecule has 1 N–H and O–H groups in total. The van der Waals surface area contributed by atoms with Crippen molar-refractivity contribution in [3.8, 4) is 0 Å². The predicted molar refractivity (Wildman–Crippen MR) is 78.2 cm³/mol. The summed E-state index contributed by atoms with van der Waals surface area (Å²) in [5, 5.41) is 21.9. The molecule has 0 aliphatic heterocycles. The summed E-state index contributed by atoms with van der Waals surface area (Å²) in [6.45, 7) is 6.47. The summed E-state index contributed by atoms with van der Waals surface area (Å²) in [4.78, 5) is 14.3. The Hall–Kier alpha value is -2.51. The highest BCUT2D eigenvalue weighted by molar-refractivity contribution is 5.46. The van der Waals surface area contributed by atoms with Crippen LogP contribution < -0.4 is 5.32 Å². The summed E-state index contributed by atoms with van der Waals surface area (Å²) >= 11 is 0. The molecule has 8 nitrogen and oxygen atoms in total. The van der Waals surface area contributed by atoms with Crippen molar-refractivity contribution in [3.05, 3.63) is 40.1 Å². The van der Waals surface area contributed by atoms with E-state index in [2.05, 4.69) is 34.3 Å². The zero-order valence-corrected chi connectivity index (χ0v) is 12.3. The van der Waals surface area contributed by atoms with Gasteiger partial charge in [0.25, 0.3) is 5.69 Å². The van der Waals surface area contributed by atoms with E-state index in [1.165, 1.54) is 6.20 Å². The van der Waals surface area contributed by atoms with Crippen molar-refractivity contribution in [1.82, 2.24) is 19.7 Å². The summed E-state index contributed by atoms with van der Waals surface area (Å²) in [5.41, 5.74) is 0.614. The Morgan fingerprint density at radius 1 is 1.48 bits per heavy atom. The molecule has 2 rings (SSSR count). The number of hydrogen-bond acceptors (Lipinski definition) is 6. The third kappa shape index (κ3) is 3.53. The van der Waals surface area contributed by atoms with Gasteiger partial charge in [-0.1, -0.05) is 0 Å². The van der Waals surface area contributed by atoms with Gasteiger partial charge in [-0.2, -0.15) is 0 Å². The highest BCUT2D eigenvalue weighted by Crippen LogP contribution is 2.18. The van der Waals surface area contributed by atoms with E-state index in [0.717, 1.165) is 5.82 Å². The fraction of sp³-hybridized carbons (Fsp3) is 0.462. The van der Waals surface area contributed by atoms with E-state index in [-0.39, 0.29) is 5.69 Å². The van der Waals surface area contributed by atoms with E-state index in [1.807, 2.05) is 4.57 Å². The highest BCUT2D eigenvalue weighted by atomic mass is 16.6. The first-order valence-electron chi connectivity index (χ1n) is 6.72. The number of hydrogen-bond donors (Lipinski definition) is 1. The van der Waals surface area contributed by atoms with Crippen LogP contribution in [0, 0.1) is 17.0 Å².